The Labute approximate surface area is 147 Å². The lowest BCUT2D eigenvalue weighted by molar-refractivity contribution is -0.256. The Kier molecular flexibility index (Phi) is 4.29. The van der Waals surface area contributed by atoms with E-state index in [1.54, 1.807) is 25.1 Å². The van der Waals surface area contributed by atoms with Crippen LogP contribution in [-0.4, -0.2) is 16.9 Å². The Morgan fingerprint density at radius 3 is 2.56 bits per heavy atom. The van der Waals surface area contributed by atoms with Crippen LogP contribution in [0.3, 0.4) is 0 Å². The highest BCUT2D eigenvalue weighted by Gasteiger charge is 2.13. The van der Waals surface area contributed by atoms with E-state index in [-0.39, 0.29) is 16.8 Å². The van der Waals surface area contributed by atoms with E-state index in [2.05, 4.69) is 10.3 Å². The summed E-state index contributed by atoms with van der Waals surface area (Å²) in [4.78, 5) is 26.6. The van der Waals surface area contributed by atoms with Gasteiger partial charge >= 0.3 is 0 Å². The SMILES string of the molecule is Cc1c(Cl)ccc2c(Nc3cccc(C(=O)[O-])c3)c(C(=O)[O-])cnc12. The molecule has 126 valence electrons. The zero-order valence-electron chi connectivity index (χ0n) is 13.0. The number of pyridine rings is 1. The second-order valence-electron chi connectivity index (χ2n) is 5.40. The minimum Gasteiger partial charge on any atom is -0.545 e. The highest BCUT2D eigenvalue weighted by atomic mass is 35.5. The smallest absolute Gasteiger partial charge is 0.0767 e. The van der Waals surface area contributed by atoms with E-state index in [0.717, 1.165) is 0 Å². The maximum Gasteiger partial charge on any atom is 0.0767 e. The van der Waals surface area contributed by atoms with Gasteiger partial charge in [-0.3, -0.25) is 4.98 Å². The van der Waals surface area contributed by atoms with Crippen LogP contribution < -0.4 is 15.5 Å². The summed E-state index contributed by atoms with van der Waals surface area (Å²) in [5, 5.41) is 26.4. The van der Waals surface area contributed by atoms with E-state index >= 15 is 0 Å². The molecule has 0 aliphatic rings. The number of rotatable bonds is 4. The van der Waals surface area contributed by atoms with Crippen LogP contribution in [0.15, 0.2) is 42.6 Å². The van der Waals surface area contributed by atoms with Gasteiger partial charge in [-0.15, -0.1) is 0 Å². The number of aromatic carboxylic acids is 2. The first-order valence-corrected chi connectivity index (χ1v) is 7.64. The Balaban J connectivity index is 2.21. The summed E-state index contributed by atoms with van der Waals surface area (Å²) in [5.74, 6) is -2.73. The topological polar surface area (TPSA) is 105 Å². The number of carboxylic acid groups (broad SMARTS) is 2. The second kappa shape index (κ2) is 6.41. The Morgan fingerprint density at radius 1 is 1.12 bits per heavy atom. The summed E-state index contributed by atoms with van der Waals surface area (Å²) < 4.78 is 0. The lowest BCUT2D eigenvalue weighted by atomic mass is 10.1. The van der Waals surface area contributed by atoms with Crippen molar-refractivity contribution in [3.05, 3.63) is 64.3 Å². The maximum atomic E-state index is 11.5. The van der Waals surface area contributed by atoms with Crippen molar-refractivity contribution in [2.45, 2.75) is 6.92 Å². The number of nitrogens with one attached hydrogen (secondary N) is 1. The van der Waals surface area contributed by atoms with Gasteiger partial charge in [-0.1, -0.05) is 23.7 Å². The lowest BCUT2D eigenvalue weighted by Gasteiger charge is -2.17. The first-order valence-electron chi connectivity index (χ1n) is 7.26. The third-order valence-corrected chi connectivity index (χ3v) is 4.22. The number of carbonyl (C=O) groups is 2. The summed E-state index contributed by atoms with van der Waals surface area (Å²) in [6.07, 6.45) is 1.19. The van der Waals surface area contributed by atoms with Gasteiger partial charge in [-0.05, 0) is 42.3 Å². The fourth-order valence-electron chi connectivity index (χ4n) is 2.54. The first-order chi connectivity index (χ1) is 11.9. The highest BCUT2D eigenvalue weighted by Crippen LogP contribution is 2.33. The number of fused-ring (bicyclic) bond motifs is 1. The zero-order valence-corrected chi connectivity index (χ0v) is 13.8. The van der Waals surface area contributed by atoms with Crippen molar-refractivity contribution in [1.82, 2.24) is 4.98 Å². The summed E-state index contributed by atoms with van der Waals surface area (Å²) in [6.45, 7) is 1.77. The molecule has 0 bridgehead atoms. The van der Waals surface area contributed by atoms with Crippen LogP contribution in [0.25, 0.3) is 10.9 Å². The van der Waals surface area contributed by atoms with Crippen molar-refractivity contribution in [1.29, 1.82) is 0 Å². The van der Waals surface area contributed by atoms with Gasteiger partial charge in [-0.25, -0.2) is 0 Å². The fourth-order valence-corrected chi connectivity index (χ4v) is 2.69. The minimum atomic E-state index is -1.40. The fraction of sp³-hybridized carbons (Fsp3) is 0.0556. The van der Waals surface area contributed by atoms with Crippen molar-refractivity contribution < 1.29 is 19.8 Å². The number of aryl methyl sites for hydroxylation is 1. The molecule has 0 amide bonds. The quantitative estimate of drug-likeness (QED) is 0.764. The van der Waals surface area contributed by atoms with E-state index in [1.807, 2.05) is 0 Å². The number of carbonyl (C=O) groups excluding carboxylic acids is 2. The molecular formula is C18H11ClN2O4-2. The number of halogens is 1. The molecule has 0 aliphatic heterocycles. The van der Waals surface area contributed by atoms with E-state index < -0.39 is 11.9 Å². The average Bonchev–Trinajstić information content (AvgIpc) is 2.58. The van der Waals surface area contributed by atoms with Gasteiger partial charge < -0.3 is 25.1 Å². The molecule has 1 heterocycles. The van der Waals surface area contributed by atoms with Crippen molar-refractivity contribution in [3.63, 3.8) is 0 Å². The van der Waals surface area contributed by atoms with Crippen molar-refractivity contribution >= 4 is 45.8 Å². The molecule has 2 aromatic carbocycles. The molecular weight excluding hydrogens is 344 g/mol. The standard InChI is InChI=1S/C18H13ClN2O4/c1-9-14(19)6-5-12-15(9)20-8-13(18(24)25)16(12)21-11-4-2-3-10(7-11)17(22)23/h2-8H,1H3,(H,20,21)(H,22,23)(H,24,25)/p-2. The number of anilines is 2. The van der Waals surface area contributed by atoms with Crippen LogP contribution in [0.5, 0.6) is 0 Å². The molecule has 1 aromatic heterocycles. The molecule has 0 spiro atoms. The molecule has 3 rings (SSSR count). The molecule has 0 aliphatic carbocycles. The summed E-state index contributed by atoms with van der Waals surface area (Å²) in [6, 6.07) is 9.16. The van der Waals surface area contributed by atoms with Gasteiger partial charge in [0.05, 0.1) is 23.1 Å². The number of nitrogens with zero attached hydrogens (tertiary/aromatic N) is 1. The molecule has 0 saturated carbocycles. The number of hydrogen-bond acceptors (Lipinski definition) is 6. The zero-order chi connectivity index (χ0) is 18.1. The van der Waals surface area contributed by atoms with Gasteiger partial charge in [0, 0.05) is 27.9 Å². The van der Waals surface area contributed by atoms with Crippen LogP contribution in [0.1, 0.15) is 26.3 Å². The highest BCUT2D eigenvalue weighted by molar-refractivity contribution is 6.32. The molecule has 0 atom stereocenters. The van der Waals surface area contributed by atoms with Gasteiger partial charge in [0.2, 0.25) is 0 Å². The van der Waals surface area contributed by atoms with Gasteiger partial charge in [0.15, 0.2) is 0 Å². The molecule has 0 fully saturated rings. The number of hydrogen-bond donors (Lipinski definition) is 1. The van der Waals surface area contributed by atoms with E-state index in [4.69, 9.17) is 11.6 Å². The molecule has 0 saturated heterocycles. The van der Waals surface area contributed by atoms with Crippen LogP contribution in [0.4, 0.5) is 11.4 Å². The predicted octanol–water partition coefficient (Wildman–Crippen LogP) is 1.67. The number of carboxylic acids is 2. The third-order valence-electron chi connectivity index (χ3n) is 3.81. The molecule has 7 heteroatoms. The van der Waals surface area contributed by atoms with Gasteiger partial charge in [0.25, 0.3) is 0 Å². The first kappa shape index (κ1) is 16.7. The Hall–Kier alpha value is -3.12. The molecule has 25 heavy (non-hydrogen) atoms. The van der Waals surface area contributed by atoms with Gasteiger partial charge in [0.1, 0.15) is 0 Å². The van der Waals surface area contributed by atoms with Crippen molar-refractivity contribution in [2.75, 3.05) is 5.32 Å². The normalized spacial score (nSPS) is 10.6. The van der Waals surface area contributed by atoms with Gasteiger partial charge in [-0.2, -0.15) is 0 Å². The average molecular weight is 355 g/mol. The summed E-state index contributed by atoms with van der Waals surface area (Å²) in [7, 11) is 0. The van der Waals surface area contributed by atoms with E-state index in [0.29, 0.717) is 27.2 Å². The van der Waals surface area contributed by atoms with E-state index in [9.17, 15) is 19.8 Å². The summed E-state index contributed by atoms with van der Waals surface area (Å²) in [5.41, 5.74) is 1.71. The third kappa shape index (κ3) is 3.12. The Morgan fingerprint density at radius 2 is 1.88 bits per heavy atom. The van der Waals surface area contributed by atoms with Crippen molar-refractivity contribution in [3.8, 4) is 0 Å². The molecule has 1 N–H and O–H groups in total. The number of aromatic nitrogens is 1. The van der Waals surface area contributed by atoms with Crippen LogP contribution >= 0.6 is 11.6 Å². The second-order valence-corrected chi connectivity index (χ2v) is 5.80. The van der Waals surface area contributed by atoms with Crippen LogP contribution in [-0.2, 0) is 0 Å². The van der Waals surface area contributed by atoms with E-state index in [1.165, 1.54) is 24.4 Å². The maximum absolute atomic E-state index is 11.5. The molecule has 0 radical (unpaired) electrons. The molecule has 6 nitrogen and oxygen atoms in total. The molecule has 0 unspecified atom stereocenters. The predicted molar refractivity (Wildman–Crippen MR) is 89.9 cm³/mol. The summed E-state index contributed by atoms with van der Waals surface area (Å²) >= 11 is 6.10. The molecule has 3 aromatic rings. The largest absolute Gasteiger partial charge is 0.545 e. The van der Waals surface area contributed by atoms with Crippen LogP contribution in [0.2, 0.25) is 5.02 Å². The van der Waals surface area contributed by atoms with Crippen molar-refractivity contribution in [2.24, 2.45) is 0 Å². The minimum absolute atomic E-state index is 0.0300. The monoisotopic (exact) mass is 354 g/mol. The lowest BCUT2D eigenvalue weighted by Crippen LogP contribution is -2.24. The number of benzene rings is 2. The Bertz CT molecular complexity index is 1020. The van der Waals surface area contributed by atoms with Crippen LogP contribution in [0, 0.1) is 6.92 Å².